The van der Waals surface area contributed by atoms with Crippen molar-refractivity contribution in [2.75, 3.05) is 46.1 Å². The van der Waals surface area contributed by atoms with Crippen LogP contribution in [-0.2, 0) is 9.47 Å². The van der Waals surface area contributed by atoms with E-state index in [9.17, 15) is 0 Å². The number of hydrogen-bond donors (Lipinski definition) is 0. The van der Waals surface area contributed by atoms with Crippen molar-refractivity contribution in [1.82, 2.24) is 14.7 Å². The van der Waals surface area contributed by atoms with Crippen molar-refractivity contribution < 1.29 is 9.47 Å². The molecule has 0 radical (unpaired) electrons. The number of nitrogens with zero attached hydrogens (tertiary/aromatic N) is 3. The van der Waals surface area contributed by atoms with Crippen LogP contribution in [0.3, 0.4) is 0 Å². The molecule has 0 bridgehead atoms. The summed E-state index contributed by atoms with van der Waals surface area (Å²) in [6.07, 6.45) is 5.28. The van der Waals surface area contributed by atoms with Gasteiger partial charge in [0.25, 0.3) is 0 Å². The summed E-state index contributed by atoms with van der Waals surface area (Å²) >= 11 is 0. The minimum absolute atomic E-state index is 0.514. The maximum absolute atomic E-state index is 5.56. The van der Waals surface area contributed by atoms with Gasteiger partial charge < -0.3 is 14.4 Å². The minimum atomic E-state index is 0.514. The lowest BCUT2D eigenvalue weighted by molar-refractivity contribution is 0.103. The number of rotatable bonds is 3. The Hall–Kier alpha value is -0.910. The zero-order valence-electron chi connectivity index (χ0n) is 11.6. The van der Waals surface area contributed by atoms with Crippen LogP contribution in [0.5, 0.6) is 0 Å². The second kappa shape index (κ2) is 6.03. The summed E-state index contributed by atoms with van der Waals surface area (Å²) in [5, 5.41) is 4.43. The fourth-order valence-corrected chi connectivity index (χ4v) is 2.96. The Balaban J connectivity index is 1.51. The minimum Gasteiger partial charge on any atom is -0.379 e. The first-order valence-electron chi connectivity index (χ1n) is 7.20. The molecule has 19 heavy (non-hydrogen) atoms. The number of likely N-dealkylation sites (tertiary alicyclic amines) is 1. The highest BCUT2D eigenvalue weighted by Crippen LogP contribution is 2.22. The molecule has 0 N–H and O–H groups in total. The van der Waals surface area contributed by atoms with E-state index in [1.807, 2.05) is 6.20 Å². The van der Waals surface area contributed by atoms with Crippen LogP contribution < -0.4 is 0 Å². The smallest absolute Gasteiger partial charge is 0.0700 e. The fourth-order valence-electron chi connectivity index (χ4n) is 2.96. The summed E-state index contributed by atoms with van der Waals surface area (Å²) < 4.78 is 13.2. The molecule has 5 nitrogen and oxygen atoms in total. The van der Waals surface area contributed by atoms with Gasteiger partial charge >= 0.3 is 0 Å². The molecule has 1 atom stereocenters. The summed E-state index contributed by atoms with van der Waals surface area (Å²) in [4.78, 5) is 2.52. The van der Waals surface area contributed by atoms with E-state index in [0.717, 1.165) is 46.1 Å². The van der Waals surface area contributed by atoms with Crippen LogP contribution in [-0.4, -0.2) is 60.7 Å². The Morgan fingerprint density at radius 2 is 2.11 bits per heavy atom. The van der Waals surface area contributed by atoms with Crippen LogP contribution in [0.1, 0.15) is 18.0 Å². The lowest BCUT2D eigenvalue weighted by atomic mass is 10.1. The predicted octanol–water partition coefficient (Wildman–Crippen LogP) is 1.10. The van der Waals surface area contributed by atoms with Gasteiger partial charge in [-0.2, -0.15) is 5.10 Å². The summed E-state index contributed by atoms with van der Waals surface area (Å²) in [6.45, 7) is 8.58. The standard InChI is InChI=1S/C14H23N3O2/c1-12-6-15-17(7-12)14-2-3-16(9-14)8-13-10-18-4-5-19-11-13/h6-7,13-14H,2-5,8-11H2,1H3. The van der Waals surface area contributed by atoms with Gasteiger partial charge in [0.2, 0.25) is 0 Å². The molecule has 1 unspecified atom stereocenters. The Labute approximate surface area is 114 Å². The second-order valence-corrected chi connectivity index (χ2v) is 5.72. The SMILES string of the molecule is Cc1cnn(C2CCN(CC3COCCOC3)C2)c1. The lowest BCUT2D eigenvalue weighted by Gasteiger charge is -2.21. The fraction of sp³-hybridized carbons (Fsp3) is 0.786. The van der Waals surface area contributed by atoms with Gasteiger partial charge in [-0.25, -0.2) is 0 Å². The molecule has 0 aliphatic carbocycles. The molecule has 0 aromatic carbocycles. The molecule has 0 saturated carbocycles. The Morgan fingerprint density at radius 3 is 2.79 bits per heavy atom. The normalized spacial score (nSPS) is 26.7. The molecule has 0 amide bonds. The van der Waals surface area contributed by atoms with Gasteiger partial charge in [0.05, 0.1) is 38.7 Å². The number of aromatic nitrogens is 2. The van der Waals surface area contributed by atoms with E-state index in [1.165, 1.54) is 12.0 Å². The first kappa shape index (κ1) is 13.1. The number of ether oxygens (including phenoxy) is 2. The van der Waals surface area contributed by atoms with Gasteiger partial charge in [-0.15, -0.1) is 0 Å². The molecule has 106 valence electrons. The molecule has 1 aromatic heterocycles. The van der Waals surface area contributed by atoms with E-state index >= 15 is 0 Å². The van der Waals surface area contributed by atoms with Crippen molar-refractivity contribution in [3.05, 3.63) is 18.0 Å². The van der Waals surface area contributed by atoms with Crippen molar-refractivity contribution in [1.29, 1.82) is 0 Å². The third-order valence-electron chi connectivity index (χ3n) is 3.95. The highest BCUT2D eigenvalue weighted by Gasteiger charge is 2.26. The Bertz CT molecular complexity index is 399. The lowest BCUT2D eigenvalue weighted by Crippen LogP contribution is -2.31. The van der Waals surface area contributed by atoms with Crippen molar-refractivity contribution in [3.63, 3.8) is 0 Å². The van der Waals surface area contributed by atoms with E-state index in [0.29, 0.717) is 12.0 Å². The van der Waals surface area contributed by atoms with E-state index in [4.69, 9.17) is 9.47 Å². The highest BCUT2D eigenvalue weighted by atomic mass is 16.5. The summed E-state index contributed by atoms with van der Waals surface area (Å²) in [6, 6.07) is 0.529. The van der Waals surface area contributed by atoms with Gasteiger partial charge in [-0.05, 0) is 18.9 Å². The third-order valence-corrected chi connectivity index (χ3v) is 3.95. The molecule has 2 fully saturated rings. The van der Waals surface area contributed by atoms with Gasteiger partial charge in [0.1, 0.15) is 0 Å². The van der Waals surface area contributed by atoms with Crippen LogP contribution in [0.25, 0.3) is 0 Å². The second-order valence-electron chi connectivity index (χ2n) is 5.72. The Morgan fingerprint density at radius 1 is 1.32 bits per heavy atom. The van der Waals surface area contributed by atoms with Crippen LogP contribution >= 0.6 is 0 Å². The molecular formula is C14H23N3O2. The largest absolute Gasteiger partial charge is 0.379 e. The third kappa shape index (κ3) is 3.35. The first-order chi connectivity index (χ1) is 9.31. The molecule has 1 aromatic rings. The first-order valence-corrected chi connectivity index (χ1v) is 7.20. The van der Waals surface area contributed by atoms with Crippen molar-refractivity contribution in [2.24, 2.45) is 5.92 Å². The molecule has 3 rings (SSSR count). The van der Waals surface area contributed by atoms with Crippen LogP contribution in [0.2, 0.25) is 0 Å². The van der Waals surface area contributed by atoms with Crippen LogP contribution in [0.15, 0.2) is 12.4 Å². The average molecular weight is 265 g/mol. The molecule has 3 heterocycles. The van der Waals surface area contributed by atoms with E-state index in [1.54, 1.807) is 0 Å². The van der Waals surface area contributed by atoms with Gasteiger partial charge in [-0.3, -0.25) is 4.68 Å². The molecule has 0 spiro atoms. The average Bonchev–Trinajstić information content (AvgIpc) is 2.94. The quantitative estimate of drug-likeness (QED) is 0.820. The van der Waals surface area contributed by atoms with Crippen LogP contribution in [0.4, 0.5) is 0 Å². The summed E-state index contributed by atoms with van der Waals surface area (Å²) in [5.41, 5.74) is 1.24. The zero-order chi connectivity index (χ0) is 13.1. The summed E-state index contributed by atoms with van der Waals surface area (Å²) in [5.74, 6) is 0.514. The Kier molecular flexibility index (Phi) is 4.15. The zero-order valence-corrected chi connectivity index (χ0v) is 11.6. The highest BCUT2D eigenvalue weighted by molar-refractivity contribution is 5.01. The molecule has 2 aliphatic heterocycles. The maximum atomic E-state index is 5.56. The molecule has 5 heteroatoms. The van der Waals surface area contributed by atoms with Crippen LogP contribution in [0, 0.1) is 12.8 Å². The van der Waals surface area contributed by atoms with E-state index in [2.05, 4.69) is 27.8 Å². The number of hydrogen-bond acceptors (Lipinski definition) is 4. The maximum Gasteiger partial charge on any atom is 0.0700 e. The van der Waals surface area contributed by atoms with Gasteiger partial charge in [0.15, 0.2) is 0 Å². The molecule has 2 saturated heterocycles. The van der Waals surface area contributed by atoms with Crippen molar-refractivity contribution in [3.8, 4) is 0 Å². The van der Waals surface area contributed by atoms with Gasteiger partial charge in [0, 0.05) is 31.7 Å². The number of aryl methyl sites for hydroxylation is 1. The predicted molar refractivity (Wildman–Crippen MR) is 72.2 cm³/mol. The molecular weight excluding hydrogens is 242 g/mol. The summed E-state index contributed by atoms with van der Waals surface area (Å²) in [7, 11) is 0. The monoisotopic (exact) mass is 265 g/mol. The van der Waals surface area contributed by atoms with E-state index < -0.39 is 0 Å². The van der Waals surface area contributed by atoms with Crippen molar-refractivity contribution >= 4 is 0 Å². The topological polar surface area (TPSA) is 39.5 Å². The molecule has 2 aliphatic rings. The van der Waals surface area contributed by atoms with Gasteiger partial charge in [-0.1, -0.05) is 0 Å². The van der Waals surface area contributed by atoms with E-state index in [-0.39, 0.29) is 0 Å². The van der Waals surface area contributed by atoms with Crippen molar-refractivity contribution in [2.45, 2.75) is 19.4 Å².